The molecule has 0 radical (unpaired) electrons. The normalized spacial score (nSPS) is 12.2. The molecule has 0 aromatic heterocycles. The van der Waals surface area contributed by atoms with Crippen molar-refractivity contribution < 1.29 is 27.1 Å². The summed E-state index contributed by atoms with van der Waals surface area (Å²) in [6.07, 6.45) is 0.901. The molecule has 0 fully saturated rings. The highest BCUT2D eigenvalue weighted by Gasteiger charge is 2.31. The minimum Gasteiger partial charge on any atom is -0.497 e. The second kappa shape index (κ2) is 11.8. The first-order valence-corrected chi connectivity index (χ1v) is 12.7. The second-order valence-corrected chi connectivity index (χ2v) is 10.3. The van der Waals surface area contributed by atoms with Gasteiger partial charge in [-0.3, -0.25) is 13.9 Å². The number of benzene rings is 2. The van der Waals surface area contributed by atoms with Gasteiger partial charge in [0.15, 0.2) is 0 Å². The van der Waals surface area contributed by atoms with Crippen LogP contribution in [-0.4, -0.2) is 57.6 Å². The van der Waals surface area contributed by atoms with Gasteiger partial charge in [-0.2, -0.15) is 0 Å². The topological polar surface area (TPSA) is 96.0 Å². The van der Waals surface area contributed by atoms with Crippen LogP contribution < -0.4 is 14.4 Å². The lowest BCUT2D eigenvalue weighted by Crippen LogP contribution is -2.51. The SMILES string of the molecule is COc1cccc(CN(C(=O)CN(c2ccccc2F)S(C)(=O)=O)C(C)C(=O)NCC(C)C)c1. The largest absolute Gasteiger partial charge is 0.497 e. The van der Waals surface area contributed by atoms with Crippen LogP contribution in [0.2, 0.25) is 0 Å². The van der Waals surface area contributed by atoms with E-state index in [1.165, 1.54) is 30.2 Å². The van der Waals surface area contributed by atoms with Gasteiger partial charge in [0.05, 0.1) is 19.1 Å². The summed E-state index contributed by atoms with van der Waals surface area (Å²) >= 11 is 0. The molecule has 2 rings (SSSR count). The Morgan fingerprint density at radius 1 is 1.09 bits per heavy atom. The first-order chi connectivity index (χ1) is 15.9. The Hall–Kier alpha value is -3.14. The van der Waals surface area contributed by atoms with Gasteiger partial charge in [-0.15, -0.1) is 0 Å². The molecule has 10 heteroatoms. The van der Waals surface area contributed by atoms with E-state index in [9.17, 15) is 22.4 Å². The fourth-order valence-electron chi connectivity index (χ4n) is 3.25. The van der Waals surface area contributed by atoms with Gasteiger partial charge in [-0.05, 0) is 42.7 Å². The summed E-state index contributed by atoms with van der Waals surface area (Å²) in [7, 11) is -2.48. The lowest BCUT2D eigenvalue weighted by atomic mass is 10.1. The van der Waals surface area contributed by atoms with Crippen molar-refractivity contribution in [2.75, 3.05) is 30.8 Å². The molecule has 34 heavy (non-hydrogen) atoms. The number of hydrogen-bond donors (Lipinski definition) is 1. The molecule has 2 aromatic rings. The van der Waals surface area contributed by atoms with Crippen LogP contribution in [0.4, 0.5) is 10.1 Å². The Balaban J connectivity index is 2.39. The van der Waals surface area contributed by atoms with E-state index in [2.05, 4.69) is 5.32 Å². The van der Waals surface area contributed by atoms with E-state index in [4.69, 9.17) is 4.74 Å². The van der Waals surface area contributed by atoms with E-state index in [1.807, 2.05) is 13.8 Å². The third-order valence-corrected chi connectivity index (χ3v) is 6.27. The maximum atomic E-state index is 14.4. The van der Waals surface area contributed by atoms with Crippen molar-refractivity contribution in [2.24, 2.45) is 5.92 Å². The highest BCUT2D eigenvalue weighted by molar-refractivity contribution is 7.92. The van der Waals surface area contributed by atoms with Crippen molar-refractivity contribution in [3.8, 4) is 5.75 Å². The van der Waals surface area contributed by atoms with Crippen molar-refractivity contribution in [1.82, 2.24) is 10.2 Å². The van der Waals surface area contributed by atoms with E-state index in [0.717, 1.165) is 12.3 Å². The summed E-state index contributed by atoms with van der Waals surface area (Å²) in [5.74, 6) is -1.01. The van der Waals surface area contributed by atoms with Crippen LogP contribution in [0.15, 0.2) is 48.5 Å². The molecule has 1 unspecified atom stereocenters. The molecule has 0 saturated carbocycles. The molecule has 2 aromatic carbocycles. The summed E-state index contributed by atoms with van der Waals surface area (Å²) in [5, 5.41) is 2.80. The van der Waals surface area contributed by atoms with E-state index in [1.54, 1.807) is 31.2 Å². The van der Waals surface area contributed by atoms with E-state index in [0.29, 0.717) is 22.2 Å². The van der Waals surface area contributed by atoms with Crippen LogP contribution >= 0.6 is 0 Å². The lowest BCUT2D eigenvalue weighted by molar-refractivity contribution is -0.139. The number of carbonyl (C=O) groups is 2. The van der Waals surface area contributed by atoms with E-state index >= 15 is 0 Å². The quantitative estimate of drug-likeness (QED) is 0.519. The summed E-state index contributed by atoms with van der Waals surface area (Å²) in [6.45, 7) is 5.26. The Bertz CT molecular complexity index is 1110. The van der Waals surface area contributed by atoms with Crippen LogP contribution in [0.25, 0.3) is 0 Å². The maximum absolute atomic E-state index is 14.4. The zero-order valence-electron chi connectivity index (χ0n) is 20.1. The molecule has 186 valence electrons. The third-order valence-electron chi connectivity index (χ3n) is 5.14. The molecule has 0 heterocycles. The first kappa shape index (κ1) is 27.1. The third kappa shape index (κ3) is 7.44. The zero-order valence-corrected chi connectivity index (χ0v) is 20.9. The molecule has 0 saturated heterocycles. The summed E-state index contributed by atoms with van der Waals surface area (Å²) in [4.78, 5) is 27.5. The molecule has 0 spiro atoms. The molecule has 8 nitrogen and oxygen atoms in total. The van der Waals surface area contributed by atoms with Crippen LogP contribution in [0.3, 0.4) is 0 Å². The Morgan fingerprint density at radius 2 is 1.76 bits per heavy atom. The second-order valence-electron chi connectivity index (χ2n) is 8.41. The number of para-hydroxylation sites is 1. The summed E-state index contributed by atoms with van der Waals surface area (Å²) in [5.41, 5.74) is 0.449. The number of amides is 2. The van der Waals surface area contributed by atoms with Crippen molar-refractivity contribution in [2.45, 2.75) is 33.4 Å². The molecule has 1 atom stereocenters. The first-order valence-electron chi connectivity index (χ1n) is 10.9. The van der Waals surface area contributed by atoms with Gasteiger partial charge in [0.2, 0.25) is 21.8 Å². The number of methoxy groups -OCH3 is 1. The monoisotopic (exact) mass is 493 g/mol. The van der Waals surface area contributed by atoms with Crippen LogP contribution in [0.1, 0.15) is 26.3 Å². The van der Waals surface area contributed by atoms with Gasteiger partial charge in [0.1, 0.15) is 24.2 Å². The van der Waals surface area contributed by atoms with Gasteiger partial charge < -0.3 is 15.0 Å². The van der Waals surface area contributed by atoms with E-state index < -0.39 is 34.3 Å². The van der Waals surface area contributed by atoms with Gasteiger partial charge in [0.25, 0.3) is 0 Å². The number of nitrogens with one attached hydrogen (secondary N) is 1. The van der Waals surface area contributed by atoms with Gasteiger partial charge >= 0.3 is 0 Å². The molecule has 0 bridgehead atoms. The standard InChI is InChI=1S/C24H32FN3O5S/c1-17(2)14-26-24(30)18(3)27(15-19-9-8-10-20(13-19)33-4)23(29)16-28(34(5,31)32)22-12-7-6-11-21(22)25/h6-13,17-18H,14-16H2,1-5H3,(H,26,30). The number of ether oxygens (including phenoxy) is 1. The summed E-state index contributed by atoms with van der Waals surface area (Å²) < 4.78 is 45.3. The fraction of sp³-hybridized carbons (Fsp3) is 0.417. The summed E-state index contributed by atoms with van der Waals surface area (Å²) in [6, 6.07) is 11.4. The van der Waals surface area contributed by atoms with Crippen molar-refractivity contribution >= 4 is 27.5 Å². The highest BCUT2D eigenvalue weighted by Crippen LogP contribution is 2.22. The van der Waals surface area contributed by atoms with Crippen molar-refractivity contribution in [1.29, 1.82) is 0 Å². The molecule has 0 aliphatic heterocycles. The van der Waals surface area contributed by atoms with Crippen LogP contribution in [-0.2, 0) is 26.2 Å². The van der Waals surface area contributed by atoms with Crippen LogP contribution in [0.5, 0.6) is 5.75 Å². The average molecular weight is 494 g/mol. The Labute approximate surface area is 200 Å². The number of halogens is 1. The number of rotatable bonds is 11. The van der Waals surface area contributed by atoms with Gasteiger partial charge in [-0.1, -0.05) is 38.1 Å². The molecular weight excluding hydrogens is 461 g/mol. The number of nitrogens with zero attached hydrogens (tertiary/aromatic N) is 2. The average Bonchev–Trinajstić information content (AvgIpc) is 2.78. The van der Waals surface area contributed by atoms with Crippen molar-refractivity contribution in [3.05, 3.63) is 59.9 Å². The Morgan fingerprint density at radius 3 is 2.35 bits per heavy atom. The molecule has 1 N–H and O–H groups in total. The molecule has 2 amide bonds. The highest BCUT2D eigenvalue weighted by atomic mass is 32.2. The minimum atomic E-state index is -3.99. The maximum Gasteiger partial charge on any atom is 0.244 e. The number of anilines is 1. The molecule has 0 aliphatic rings. The predicted octanol–water partition coefficient (Wildman–Crippen LogP) is 2.79. The van der Waals surface area contributed by atoms with Gasteiger partial charge in [-0.25, -0.2) is 12.8 Å². The molecular formula is C24H32FN3O5S. The lowest BCUT2D eigenvalue weighted by Gasteiger charge is -2.31. The zero-order chi connectivity index (χ0) is 25.5. The molecule has 0 aliphatic carbocycles. The van der Waals surface area contributed by atoms with E-state index in [-0.39, 0.29) is 24.1 Å². The van der Waals surface area contributed by atoms with Crippen LogP contribution in [0, 0.1) is 11.7 Å². The number of carbonyl (C=O) groups excluding carboxylic acids is 2. The smallest absolute Gasteiger partial charge is 0.244 e. The van der Waals surface area contributed by atoms with Gasteiger partial charge in [0, 0.05) is 13.1 Å². The fourth-order valence-corrected chi connectivity index (χ4v) is 4.10. The minimum absolute atomic E-state index is 0.0289. The predicted molar refractivity (Wildman–Crippen MR) is 129 cm³/mol. The number of sulfonamides is 1. The Kier molecular flexibility index (Phi) is 9.43. The van der Waals surface area contributed by atoms with Crippen molar-refractivity contribution in [3.63, 3.8) is 0 Å². The number of hydrogen-bond acceptors (Lipinski definition) is 5.